The van der Waals surface area contributed by atoms with Gasteiger partial charge in [0.15, 0.2) is 0 Å². The number of nitrogens with zero attached hydrogens (tertiary/aromatic N) is 2. The Morgan fingerprint density at radius 2 is 1.93 bits per heavy atom. The lowest BCUT2D eigenvalue weighted by molar-refractivity contribution is 0.0697. The van der Waals surface area contributed by atoms with E-state index in [0.717, 1.165) is 36.3 Å². The van der Waals surface area contributed by atoms with Crippen LogP contribution >= 0.6 is 0 Å². The van der Waals surface area contributed by atoms with Crippen molar-refractivity contribution in [1.82, 2.24) is 9.97 Å². The van der Waals surface area contributed by atoms with Crippen molar-refractivity contribution in [2.75, 3.05) is 6.61 Å². The fourth-order valence-electron chi connectivity index (χ4n) is 3.08. The van der Waals surface area contributed by atoms with Crippen molar-refractivity contribution < 1.29 is 14.6 Å². The van der Waals surface area contributed by atoms with E-state index in [1.54, 1.807) is 6.20 Å². The van der Waals surface area contributed by atoms with Gasteiger partial charge in [-0.15, -0.1) is 0 Å². The largest absolute Gasteiger partial charge is 0.493 e. The first kappa shape index (κ1) is 20.3. The Hall–Kier alpha value is -3.47. The van der Waals surface area contributed by atoms with Crippen LogP contribution < -0.4 is 0 Å². The van der Waals surface area contributed by atoms with Gasteiger partial charge in [-0.25, -0.2) is 4.79 Å². The molecule has 0 saturated carbocycles. The highest BCUT2D eigenvalue weighted by Gasteiger charge is 2.14. The summed E-state index contributed by atoms with van der Waals surface area (Å²) in [5.74, 6) is -0.0509. The number of carboxylic acids is 1. The average Bonchev–Trinajstić information content (AvgIpc) is 2.76. The minimum Gasteiger partial charge on any atom is -0.493 e. The SMILES string of the molecule is C/C=C/C=C1/OCCC/C1=C(C)\C=C\c1ccnc(-c2cc(C(=O)O)ccn2)c1. The molecule has 5 nitrogen and oxygen atoms in total. The van der Waals surface area contributed by atoms with Crippen LogP contribution in [-0.2, 0) is 4.74 Å². The summed E-state index contributed by atoms with van der Waals surface area (Å²) in [5.41, 5.74) is 4.70. The number of hydrogen-bond donors (Lipinski definition) is 1. The minimum absolute atomic E-state index is 0.191. The van der Waals surface area contributed by atoms with Gasteiger partial charge in [-0.2, -0.15) is 0 Å². The third-order valence-corrected chi connectivity index (χ3v) is 4.62. The number of aromatic carboxylic acids is 1. The van der Waals surface area contributed by atoms with Gasteiger partial charge in [0.05, 0.1) is 23.6 Å². The first-order valence-electron chi connectivity index (χ1n) is 9.58. The Labute approximate surface area is 170 Å². The van der Waals surface area contributed by atoms with Crippen molar-refractivity contribution >= 4 is 12.0 Å². The predicted molar refractivity (Wildman–Crippen MR) is 114 cm³/mol. The van der Waals surface area contributed by atoms with Gasteiger partial charge in [0, 0.05) is 12.4 Å². The van der Waals surface area contributed by atoms with E-state index in [2.05, 4.69) is 23.0 Å². The lowest BCUT2D eigenvalue weighted by atomic mass is 9.99. The molecular weight excluding hydrogens is 364 g/mol. The smallest absolute Gasteiger partial charge is 0.335 e. The second-order valence-corrected chi connectivity index (χ2v) is 6.71. The van der Waals surface area contributed by atoms with Gasteiger partial charge in [0.1, 0.15) is 5.76 Å². The summed E-state index contributed by atoms with van der Waals surface area (Å²) in [5, 5.41) is 9.17. The average molecular weight is 388 g/mol. The second kappa shape index (κ2) is 9.64. The second-order valence-electron chi connectivity index (χ2n) is 6.71. The van der Waals surface area contributed by atoms with E-state index in [1.807, 2.05) is 43.4 Å². The summed E-state index contributed by atoms with van der Waals surface area (Å²) < 4.78 is 5.83. The van der Waals surface area contributed by atoms with E-state index in [0.29, 0.717) is 11.4 Å². The molecule has 0 aliphatic carbocycles. The van der Waals surface area contributed by atoms with E-state index >= 15 is 0 Å². The molecule has 2 aromatic heterocycles. The number of hydrogen-bond acceptors (Lipinski definition) is 4. The van der Waals surface area contributed by atoms with Gasteiger partial charge in [0.25, 0.3) is 0 Å². The maximum atomic E-state index is 11.2. The number of carboxylic acid groups (broad SMARTS) is 1. The fourth-order valence-corrected chi connectivity index (χ4v) is 3.08. The van der Waals surface area contributed by atoms with Gasteiger partial charge < -0.3 is 9.84 Å². The maximum absolute atomic E-state index is 11.2. The molecule has 2 aromatic rings. The van der Waals surface area contributed by atoms with E-state index in [1.165, 1.54) is 23.9 Å². The third-order valence-electron chi connectivity index (χ3n) is 4.62. The minimum atomic E-state index is -0.983. The van der Waals surface area contributed by atoms with Crippen LogP contribution in [0.4, 0.5) is 0 Å². The van der Waals surface area contributed by atoms with Crippen LogP contribution in [0.3, 0.4) is 0 Å². The molecule has 1 fully saturated rings. The van der Waals surface area contributed by atoms with E-state index in [-0.39, 0.29) is 5.56 Å². The van der Waals surface area contributed by atoms with Crippen molar-refractivity contribution in [1.29, 1.82) is 0 Å². The topological polar surface area (TPSA) is 72.3 Å². The molecule has 0 atom stereocenters. The van der Waals surface area contributed by atoms with Crippen LogP contribution in [0.25, 0.3) is 17.5 Å². The van der Waals surface area contributed by atoms with Gasteiger partial charge in [-0.1, -0.05) is 24.3 Å². The Balaban J connectivity index is 1.87. The van der Waals surface area contributed by atoms with E-state index < -0.39 is 5.97 Å². The molecule has 3 heterocycles. The zero-order valence-corrected chi connectivity index (χ0v) is 16.6. The lowest BCUT2D eigenvalue weighted by Crippen LogP contribution is -2.07. The highest BCUT2D eigenvalue weighted by atomic mass is 16.5. The van der Waals surface area contributed by atoms with Gasteiger partial charge in [-0.3, -0.25) is 9.97 Å². The number of allylic oxidation sites excluding steroid dienone is 6. The predicted octanol–water partition coefficient (Wildman–Crippen LogP) is 5.44. The van der Waals surface area contributed by atoms with Crippen molar-refractivity contribution in [3.63, 3.8) is 0 Å². The molecule has 1 N–H and O–H groups in total. The summed E-state index contributed by atoms with van der Waals surface area (Å²) in [4.78, 5) is 19.8. The highest BCUT2D eigenvalue weighted by molar-refractivity contribution is 5.88. The summed E-state index contributed by atoms with van der Waals surface area (Å²) in [6.45, 7) is 4.82. The highest BCUT2D eigenvalue weighted by Crippen LogP contribution is 2.27. The molecule has 3 rings (SSSR count). The van der Waals surface area contributed by atoms with E-state index in [4.69, 9.17) is 4.74 Å². The number of ether oxygens (including phenoxy) is 1. The molecule has 1 aliphatic rings. The lowest BCUT2D eigenvalue weighted by Gasteiger charge is -2.21. The molecule has 0 aromatic carbocycles. The maximum Gasteiger partial charge on any atom is 0.335 e. The zero-order valence-electron chi connectivity index (χ0n) is 16.6. The molecule has 5 heteroatoms. The van der Waals surface area contributed by atoms with Crippen LogP contribution in [0.15, 0.2) is 77.9 Å². The van der Waals surface area contributed by atoms with Crippen molar-refractivity contribution in [2.24, 2.45) is 0 Å². The fraction of sp³-hybridized carbons (Fsp3) is 0.208. The first-order chi connectivity index (χ1) is 14.1. The van der Waals surface area contributed by atoms with Crippen LogP contribution in [0, 0.1) is 0 Å². The normalized spacial score (nSPS) is 17.7. The van der Waals surface area contributed by atoms with Crippen LogP contribution in [0.2, 0.25) is 0 Å². The molecule has 1 aliphatic heterocycles. The number of pyridine rings is 2. The molecule has 0 bridgehead atoms. The van der Waals surface area contributed by atoms with Gasteiger partial charge in [-0.05, 0) is 73.7 Å². The Morgan fingerprint density at radius 3 is 2.69 bits per heavy atom. The Bertz CT molecular complexity index is 1020. The first-order valence-corrected chi connectivity index (χ1v) is 9.58. The molecule has 29 heavy (non-hydrogen) atoms. The van der Waals surface area contributed by atoms with E-state index in [9.17, 15) is 9.90 Å². The summed E-state index contributed by atoms with van der Waals surface area (Å²) in [6.07, 6.45) is 15.3. The van der Waals surface area contributed by atoms with Gasteiger partial charge in [0.2, 0.25) is 0 Å². The molecular formula is C24H24N2O3. The summed E-state index contributed by atoms with van der Waals surface area (Å²) in [6, 6.07) is 6.81. The monoisotopic (exact) mass is 388 g/mol. The van der Waals surface area contributed by atoms with Crippen LogP contribution in [0.5, 0.6) is 0 Å². The molecule has 148 valence electrons. The van der Waals surface area contributed by atoms with Gasteiger partial charge >= 0.3 is 5.97 Å². The quantitative estimate of drug-likeness (QED) is 0.738. The van der Waals surface area contributed by atoms with Crippen molar-refractivity contribution in [2.45, 2.75) is 26.7 Å². The molecule has 0 unspecified atom stereocenters. The number of aromatic nitrogens is 2. The van der Waals surface area contributed by atoms with Crippen molar-refractivity contribution in [3.8, 4) is 11.4 Å². The molecule has 0 spiro atoms. The molecule has 0 radical (unpaired) electrons. The molecule has 0 amide bonds. The summed E-state index contributed by atoms with van der Waals surface area (Å²) in [7, 11) is 0. The number of rotatable bonds is 5. The third kappa shape index (κ3) is 5.29. The Kier molecular flexibility index (Phi) is 6.74. The summed E-state index contributed by atoms with van der Waals surface area (Å²) >= 11 is 0. The standard InChI is InChI=1S/C24H24N2O3/c1-3-4-7-23-20(6-5-14-29-23)17(2)8-9-18-10-12-25-21(15-18)22-16-19(24(27)28)11-13-26-22/h3-4,7-13,15-16H,5-6,14H2,1-2H3,(H,27,28)/b4-3+,9-8+,20-17+,23-7+. The Morgan fingerprint density at radius 1 is 1.17 bits per heavy atom. The van der Waals surface area contributed by atoms with Crippen LogP contribution in [-0.4, -0.2) is 27.7 Å². The van der Waals surface area contributed by atoms with Crippen LogP contribution in [0.1, 0.15) is 42.6 Å². The van der Waals surface area contributed by atoms with Crippen molar-refractivity contribution in [3.05, 3.63) is 89.0 Å². The zero-order chi connectivity index (χ0) is 20.6. The molecule has 1 saturated heterocycles. The number of carbonyl (C=O) groups is 1.